The lowest BCUT2D eigenvalue weighted by Crippen LogP contribution is -2.57. The summed E-state index contributed by atoms with van der Waals surface area (Å²) in [5, 5.41) is 3.67. The number of piperazine rings is 1. The average molecular weight is 260 g/mol. The maximum absolute atomic E-state index is 3.67. The molecule has 0 radical (unpaired) electrons. The number of rotatable bonds is 3. The molecule has 1 aromatic rings. The number of nitrogens with one attached hydrogen (secondary N) is 1. The zero-order valence-electron chi connectivity index (χ0n) is 13.0. The molecule has 1 saturated heterocycles. The van der Waals surface area contributed by atoms with Crippen LogP contribution in [0.5, 0.6) is 0 Å². The smallest absolute Gasteiger partial charge is 0.0323 e. The van der Waals surface area contributed by atoms with Crippen LogP contribution in [0.2, 0.25) is 0 Å². The second-order valence-electron chi connectivity index (χ2n) is 6.39. The van der Waals surface area contributed by atoms with Gasteiger partial charge in [-0.05, 0) is 32.3 Å². The van der Waals surface area contributed by atoms with Gasteiger partial charge in [-0.3, -0.25) is 4.90 Å². The first-order valence-electron chi connectivity index (χ1n) is 7.54. The Labute approximate surface area is 118 Å². The molecule has 1 aliphatic heterocycles. The molecule has 2 nitrogen and oxygen atoms in total. The third kappa shape index (κ3) is 3.37. The molecule has 1 heterocycles. The minimum Gasteiger partial charge on any atom is -0.311 e. The van der Waals surface area contributed by atoms with Crippen molar-refractivity contribution in [3.05, 3.63) is 35.4 Å². The van der Waals surface area contributed by atoms with Crippen molar-refractivity contribution in [2.24, 2.45) is 5.92 Å². The van der Waals surface area contributed by atoms with Crippen LogP contribution in [0, 0.1) is 12.8 Å². The predicted octanol–water partition coefficient (Wildman–Crippen LogP) is 3.37. The summed E-state index contributed by atoms with van der Waals surface area (Å²) >= 11 is 0. The van der Waals surface area contributed by atoms with Gasteiger partial charge in [0.25, 0.3) is 0 Å². The van der Waals surface area contributed by atoms with Crippen LogP contribution in [0.25, 0.3) is 0 Å². The molecule has 1 aliphatic rings. The van der Waals surface area contributed by atoms with Gasteiger partial charge in [-0.25, -0.2) is 0 Å². The summed E-state index contributed by atoms with van der Waals surface area (Å²) in [7, 11) is 0. The zero-order chi connectivity index (χ0) is 14.0. The predicted molar refractivity (Wildman–Crippen MR) is 82.4 cm³/mol. The lowest BCUT2D eigenvalue weighted by molar-refractivity contribution is 0.0852. The first-order valence-corrected chi connectivity index (χ1v) is 7.54. The van der Waals surface area contributed by atoms with E-state index in [2.05, 4.69) is 69.1 Å². The maximum Gasteiger partial charge on any atom is 0.0323 e. The van der Waals surface area contributed by atoms with Crippen molar-refractivity contribution in [1.82, 2.24) is 10.2 Å². The Morgan fingerprint density at radius 2 is 1.79 bits per heavy atom. The van der Waals surface area contributed by atoms with Crippen molar-refractivity contribution in [2.45, 2.75) is 52.7 Å². The molecule has 1 aromatic carbocycles. The summed E-state index contributed by atoms with van der Waals surface area (Å²) in [6.07, 6.45) is 0. The Morgan fingerprint density at radius 3 is 2.37 bits per heavy atom. The molecule has 19 heavy (non-hydrogen) atoms. The van der Waals surface area contributed by atoms with Gasteiger partial charge in [0.15, 0.2) is 0 Å². The molecule has 1 fully saturated rings. The van der Waals surface area contributed by atoms with Gasteiger partial charge >= 0.3 is 0 Å². The van der Waals surface area contributed by atoms with Gasteiger partial charge in [-0.1, -0.05) is 43.7 Å². The van der Waals surface area contributed by atoms with Crippen molar-refractivity contribution in [2.75, 3.05) is 13.1 Å². The number of nitrogens with zero attached hydrogens (tertiary/aromatic N) is 1. The van der Waals surface area contributed by atoms with Crippen LogP contribution < -0.4 is 5.32 Å². The molecule has 3 unspecified atom stereocenters. The second-order valence-corrected chi connectivity index (χ2v) is 6.39. The van der Waals surface area contributed by atoms with E-state index in [-0.39, 0.29) is 0 Å². The first-order chi connectivity index (χ1) is 8.99. The third-order valence-electron chi connectivity index (χ3n) is 4.51. The van der Waals surface area contributed by atoms with Gasteiger partial charge in [0.05, 0.1) is 0 Å². The summed E-state index contributed by atoms with van der Waals surface area (Å²) in [5.74, 6) is 0.695. The molecule has 0 aliphatic carbocycles. The van der Waals surface area contributed by atoms with E-state index < -0.39 is 0 Å². The molecule has 2 rings (SSSR count). The van der Waals surface area contributed by atoms with Gasteiger partial charge < -0.3 is 5.32 Å². The molecular formula is C17H28N2. The van der Waals surface area contributed by atoms with E-state index in [1.165, 1.54) is 11.1 Å². The molecule has 0 saturated carbocycles. The summed E-state index contributed by atoms with van der Waals surface area (Å²) in [4.78, 5) is 2.64. The number of benzene rings is 1. The largest absolute Gasteiger partial charge is 0.311 e. The Bertz CT molecular complexity index is 396. The lowest BCUT2D eigenvalue weighted by atomic mass is 9.96. The maximum atomic E-state index is 3.67. The fourth-order valence-electron chi connectivity index (χ4n) is 2.93. The van der Waals surface area contributed by atoms with Crippen LogP contribution in [-0.4, -0.2) is 30.1 Å². The molecule has 0 spiro atoms. The molecular weight excluding hydrogens is 232 g/mol. The topological polar surface area (TPSA) is 15.3 Å². The molecule has 0 amide bonds. The summed E-state index contributed by atoms with van der Waals surface area (Å²) in [6, 6.07) is 10.7. The first kappa shape index (κ1) is 14.5. The van der Waals surface area contributed by atoms with E-state index in [1.807, 2.05) is 0 Å². The van der Waals surface area contributed by atoms with Crippen LogP contribution >= 0.6 is 0 Å². The number of hydrogen-bond acceptors (Lipinski definition) is 2. The number of aryl methyl sites for hydroxylation is 1. The van der Waals surface area contributed by atoms with Gasteiger partial charge in [-0.2, -0.15) is 0 Å². The number of hydrogen-bond donors (Lipinski definition) is 1. The van der Waals surface area contributed by atoms with Crippen LogP contribution in [-0.2, 0) is 0 Å². The molecule has 3 atom stereocenters. The van der Waals surface area contributed by atoms with Gasteiger partial charge in [-0.15, -0.1) is 0 Å². The molecule has 1 N–H and O–H groups in total. The summed E-state index contributed by atoms with van der Waals surface area (Å²) < 4.78 is 0. The highest BCUT2D eigenvalue weighted by Gasteiger charge is 2.30. The third-order valence-corrected chi connectivity index (χ3v) is 4.51. The lowest BCUT2D eigenvalue weighted by Gasteiger charge is -2.43. The quantitative estimate of drug-likeness (QED) is 0.896. The standard InChI is InChI=1S/C17H28N2/c1-12(2)17-11-19(14(4)10-18-17)15(5)16-8-6-13(3)7-9-16/h6-9,12,14-15,17-18H,10-11H2,1-5H3. The summed E-state index contributed by atoms with van der Waals surface area (Å²) in [6.45, 7) is 13.7. The minimum absolute atomic E-state index is 0.499. The Morgan fingerprint density at radius 1 is 1.16 bits per heavy atom. The normalized spacial score (nSPS) is 26.6. The fraction of sp³-hybridized carbons (Fsp3) is 0.647. The van der Waals surface area contributed by atoms with E-state index in [9.17, 15) is 0 Å². The Balaban J connectivity index is 2.11. The van der Waals surface area contributed by atoms with Crippen LogP contribution in [0.1, 0.15) is 44.9 Å². The molecule has 0 bridgehead atoms. The summed E-state index contributed by atoms with van der Waals surface area (Å²) in [5.41, 5.74) is 2.77. The van der Waals surface area contributed by atoms with Crippen molar-refractivity contribution < 1.29 is 0 Å². The van der Waals surface area contributed by atoms with E-state index >= 15 is 0 Å². The van der Waals surface area contributed by atoms with Crippen LogP contribution in [0.3, 0.4) is 0 Å². The van der Waals surface area contributed by atoms with E-state index in [0.717, 1.165) is 13.1 Å². The zero-order valence-corrected chi connectivity index (χ0v) is 13.0. The highest BCUT2D eigenvalue weighted by Crippen LogP contribution is 2.26. The Kier molecular flexibility index (Phi) is 4.64. The Hall–Kier alpha value is -0.860. The highest BCUT2D eigenvalue weighted by molar-refractivity contribution is 5.24. The monoisotopic (exact) mass is 260 g/mol. The van der Waals surface area contributed by atoms with Crippen molar-refractivity contribution in [3.63, 3.8) is 0 Å². The van der Waals surface area contributed by atoms with E-state index in [1.54, 1.807) is 0 Å². The van der Waals surface area contributed by atoms with Crippen LogP contribution in [0.15, 0.2) is 24.3 Å². The molecule has 106 valence electrons. The second kappa shape index (κ2) is 6.06. The van der Waals surface area contributed by atoms with Gasteiger partial charge in [0, 0.05) is 31.2 Å². The molecule has 0 aromatic heterocycles. The van der Waals surface area contributed by atoms with Crippen molar-refractivity contribution >= 4 is 0 Å². The molecule has 2 heteroatoms. The SMILES string of the molecule is Cc1ccc(C(C)N2CC(C(C)C)NCC2C)cc1. The van der Waals surface area contributed by atoms with Crippen molar-refractivity contribution in [1.29, 1.82) is 0 Å². The van der Waals surface area contributed by atoms with Gasteiger partial charge in [0.1, 0.15) is 0 Å². The van der Waals surface area contributed by atoms with Crippen LogP contribution in [0.4, 0.5) is 0 Å². The minimum atomic E-state index is 0.499. The average Bonchev–Trinajstić information content (AvgIpc) is 2.39. The van der Waals surface area contributed by atoms with Gasteiger partial charge in [0.2, 0.25) is 0 Å². The fourth-order valence-corrected chi connectivity index (χ4v) is 2.93. The van der Waals surface area contributed by atoms with E-state index in [4.69, 9.17) is 0 Å². The van der Waals surface area contributed by atoms with E-state index in [0.29, 0.717) is 24.0 Å². The highest BCUT2D eigenvalue weighted by atomic mass is 15.2. The van der Waals surface area contributed by atoms with Crippen molar-refractivity contribution in [3.8, 4) is 0 Å².